The van der Waals surface area contributed by atoms with E-state index >= 15 is 0 Å². The minimum absolute atomic E-state index is 0.107. The van der Waals surface area contributed by atoms with Gasteiger partial charge in [0.05, 0.1) is 31.7 Å². The number of hydrogen-bond donors (Lipinski definition) is 1. The molecule has 3 rings (SSSR count). The van der Waals surface area contributed by atoms with E-state index in [1.54, 1.807) is 20.4 Å². The average Bonchev–Trinajstić information content (AvgIpc) is 2.69. The molecular formula is C20H24N2O4. The van der Waals surface area contributed by atoms with Gasteiger partial charge in [-0.15, -0.1) is 0 Å². The fraction of sp³-hybridized carbons (Fsp3) is 0.400. The number of aliphatic carboxylic acids is 1. The molecule has 0 amide bonds. The van der Waals surface area contributed by atoms with Gasteiger partial charge in [0.1, 0.15) is 11.5 Å². The number of pyridine rings is 1. The molecule has 0 bridgehead atoms. The van der Waals surface area contributed by atoms with Crippen LogP contribution in [0.25, 0.3) is 0 Å². The minimum Gasteiger partial charge on any atom is -0.496 e. The lowest BCUT2D eigenvalue weighted by Gasteiger charge is -2.37. The van der Waals surface area contributed by atoms with Gasteiger partial charge >= 0.3 is 5.97 Å². The molecule has 1 aromatic heterocycles. The molecule has 1 fully saturated rings. The van der Waals surface area contributed by atoms with Gasteiger partial charge in [-0.2, -0.15) is 0 Å². The zero-order valence-electron chi connectivity index (χ0n) is 15.1. The summed E-state index contributed by atoms with van der Waals surface area (Å²) in [5, 5.41) is 9.29. The summed E-state index contributed by atoms with van der Waals surface area (Å²) in [6.07, 6.45) is 4.85. The van der Waals surface area contributed by atoms with E-state index in [1.807, 2.05) is 36.5 Å². The van der Waals surface area contributed by atoms with Gasteiger partial charge in [-0.3, -0.25) is 14.7 Å². The zero-order chi connectivity index (χ0) is 18.5. The molecule has 26 heavy (non-hydrogen) atoms. The molecule has 1 atom stereocenters. The largest absolute Gasteiger partial charge is 0.496 e. The second kappa shape index (κ2) is 8.19. The molecular weight excluding hydrogens is 332 g/mol. The minimum atomic E-state index is -0.711. The lowest BCUT2D eigenvalue weighted by atomic mass is 9.91. The average molecular weight is 356 g/mol. The van der Waals surface area contributed by atoms with Gasteiger partial charge < -0.3 is 14.6 Å². The number of hydrogen-bond acceptors (Lipinski definition) is 5. The van der Waals surface area contributed by atoms with Gasteiger partial charge in [0.2, 0.25) is 0 Å². The van der Waals surface area contributed by atoms with Crippen molar-refractivity contribution in [3.8, 4) is 11.5 Å². The third kappa shape index (κ3) is 3.65. The summed E-state index contributed by atoms with van der Waals surface area (Å²) < 4.78 is 11.2. The van der Waals surface area contributed by atoms with Crippen LogP contribution in [0.3, 0.4) is 0 Å². The normalized spacial score (nSPS) is 16.8. The summed E-state index contributed by atoms with van der Waals surface area (Å²) in [5.41, 5.74) is 1.98. The maximum Gasteiger partial charge on any atom is 0.306 e. The molecule has 2 aromatic rings. The number of methoxy groups -OCH3 is 2. The highest BCUT2D eigenvalue weighted by atomic mass is 16.5. The fourth-order valence-corrected chi connectivity index (χ4v) is 3.65. The molecule has 6 heteroatoms. The molecule has 6 nitrogen and oxygen atoms in total. The second-order valence-corrected chi connectivity index (χ2v) is 6.41. The molecule has 0 aliphatic carbocycles. The first-order valence-electron chi connectivity index (χ1n) is 8.73. The van der Waals surface area contributed by atoms with Gasteiger partial charge in [0.25, 0.3) is 0 Å². The second-order valence-electron chi connectivity index (χ2n) is 6.41. The highest BCUT2D eigenvalue weighted by Crippen LogP contribution is 2.41. The Morgan fingerprint density at radius 2 is 1.81 bits per heavy atom. The lowest BCUT2D eigenvalue weighted by molar-refractivity contribution is -0.143. The molecule has 0 saturated carbocycles. The van der Waals surface area contributed by atoms with Crippen molar-refractivity contribution in [2.24, 2.45) is 5.92 Å². The van der Waals surface area contributed by atoms with Crippen LogP contribution in [-0.2, 0) is 4.79 Å². The highest BCUT2D eigenvalue weighted by molar-refractivity contribution is 5.70. The van der Waals surface area contributed by atoms with Crippen molar-refractivity contribution in [3.05, 3.63) is 53.9 Å². The number of carboxylic acid groups (broad SMARTS) is 1. The number of benzene rings is 1. The van der Waals surface area contributed by atoms with E-state index in [4.69, 9.17) is 9.47 Å². The van der Waals surface area contributed by atoms with E-state index in [1.165, 1.54) is 0 Å². The van der Waals surface area contributed by atoms with Gasteiger partial charge in [0.15, 0.2) is 0 Å². The molecule has 1 aliphatic heterocycles. The van der Waals surface area contributed by atoms with Crippen LogP contribution in [0.2, 0.25) is 0 Å². The van der Waals surface area contributed by atoms with Crippen LogP contribution < -0.4 is 9.47 Å². The Hall–Kier alpha value is -2.60. The highest BCUT2D eigenvalue weighted by Gasteiger charge is 2.33. The van der Waals surface area contributed by atoms with Crippen LogP contribution in [-0.4, -0.2) is 48.3 Å². The van der Waals surface area contributed by atoms with Gasteiger partial charge in [-0.25, -0.2) is 0 Å². The van der Waals surface area contributed by atoms with Gasteiger partial charge in [-0.05, 0) is 49.7 Å². The predicted octanol–water partition coefficient (Wildman–Crippen LogP) is 2.98. The van der Waals surface area contributed by atoms with Crippen molar-refractivity contribution in [2.75, 3.05) is 27.3 Å². The van der Waals surface area contributed by atoms with Crippen LogP contribution in [0.1, 0.15) is 30.0 Å². The lowest BCUT2D eigenvalue weighted by Crippen LogP contribution is -2.39. The SMILES string of the molecule is COc1cccc(OC)c1C(c1cccnc1)N1CCC(C(=O)O)CC1. The number of ether oxygens (including phenoxy) is 2. The Kier molecular flexibility index (Phi) is 5.73. The van der Waals surface area contributed by atoms with Crippen molar-refractivity contribution in [1.29, 1.82) is 0 Å². The van der Waals surface area contributed by atoms with E-state index in [0.717, 1.165) is 22.6 Å². The maximum atomic E-state index is 11.3. The van der Waals surface area contributed by atoms with E-state index < -0.39 is 5.97 Å². The summed E-state index contributed by atoms with van der Waals surface area (Å²) in [6.45, 7) is 1.38. The fourth-order valence-electron chi connectivity index (χ4n) is 3.65. The number of aromatic nitrogens is 1. The third-order valence-electron chi connectivity index (χ3n) is 4.98. The number of nitrogens with zero attached hydrogens (tertiary/aromatic N) is 2. The maximum absolute atomic E-state index is 11.3. The third-order valence-corrected chi connectivity index (χ3v) is 4.98. The molecule has 1 N–H and O–H groups in total. The quantitative estimate of drug-likeness (QED) is 0.858. The smallest absolute Gasteiger partial charge is 0.306 e. The van der Waals surface area contributed by atoms with E-state index in [9.17, 15) is 9.90 Å². The Labute approximate surface area is 153 Å². The van der Waals surface area contributed by atoms with Crippen LogP contribution in [0.5, 0.6) is 11.5 Å². The molecule has 1 aliphatic rings. The van der Waals surface area contributed by atoms with Crippen molar-refractivity contribution < 1.29 is 19.4 Å². The first kappa shape index (κ1) is 18.2. The molecule has 2 heterocycles. The number of piperidine rings is 1. The molecule has 0 radical (unpaired) electrons. The van der Waals surface area contributed by atoms with Crippen molar-refractivity contribution in [3.63, 3.8) is 0 Å². The van der Waals surface area contributed by atoms with E-state index in [-0.39, 0.29) is 12.0 Å². The molecule has 138 valence electrons. The molecule has 1 aromatic carbocycles. The van der Waals surface area contributed by atoms with Crippen LogP contribution in [0.4, 0.5) is 0 Å². The Morgan fingerprint density at radius 1 is 1.15 bits per heavy atom. The van der Waals surface area contributed by atoms with Gasteiger partial charge in [-0.1, -0.05) is 12.1 Å². The Bertz CT molecular complexity index is 720. The monoisotopic (exact) mass is 356 g/mol. The summed E-state index contributed by atoms with van der Waals surface area (Å²) in [6, 6.07) is 9.58. The molecule has 1 saturated heterocycles. The van der Waals surface area contributed by atoms with Crippen LogP contribution in [0, 0.1) is 5.92 Å². The standard InChI is InChI=1S/C20H24N2O4/c1-25-16-6-3-7-17(26-2)18(16)19(15-5-4-10-21-13-15)22-11-8-14(9-12-22)20(23)24/h3-7,10,13-14,19H,8-9,11-12H2,1-2H3,(H,23,24). The van der Waals surface area contributed by atoms with Crippen LogP contribution >= 0.6 is 0 Å². The first-order valence-corrected chi connectivity index (χ1v) is 8.73. The van der Waals surface area contributed by atoms with Crippen molar-refractivity contribution in [1.82, 2.24) is 9.88 Å². The molecule has 0 spiro atoms. The van der Waals surface area contributed by atoms with E-state index in [2.05, 4.69) is 9.88 Å². The Morgan fingerprint density at radius 3 is 2.31 bits per heavy atom. The predicted molar refractivity (Wildman–Crippen MR) is 97.6 cm³/mol. The van der Waals surface area contributed by atoms with E-state index in [0.29, 0.717) is 25.9 Å². The number of rotatable bonds is 6. The Balaban J connectivity index is 2.03. The van der Waals surface area contributed by atoms with Crippen LogP contribution in [0.15, 0.2) is 42.7 Å². The molecule has 1 unspecified atom stereocenters. The summed E-state index contributed by atoms with van der Waals surface area (Å²) in [5.74, 6) is 0.509. The number of carboxylic acids is 1. The van der Waals surface area contributed by atoms with Crippen molar-refractivity contribution >= 4 is 5.97 Å². The number of carbonyl (C=O) groups is 1. The topological polar surface area (TPSA) is 71.9 Å². The number of likely N-dealkylation sites (tertiary alicyclic amines) is 1. The summed E-state index contributed by atoms with van der Waals surface area (Å²) >= 11 is 0. The first-order chi connectivity index (χ1) is 12.7. The van der Waals surface area contributed by atoms with Gasteiger partial charge in [0, 0.05) is 12.4 Å². The zero-order valence-corrected chi connectivity index (χ0v) is 15.1. The summed E-state index contributed by atoms with van der Waals surface area (Å²) in [4.78, 5) is 17.9. The van der Waals surface area contributed by atoms with Crippen molar-refractivity contribution in [2.45, 2.75) is 18.9 Å². The summed E-state index contributed by atoms with van der Waals surface area (Å²) in [7, 11) is 3.30.